The molecule has 1 aromatic heterocycles. The number of aryl methyl sites for hydroxylation is 1. The Morgan fingerprint density at radius 2 is 2.00 bits per heavy atom. The maximum absolute atomic E-state index is 13.9. The number of halogens is 3. The van der Waals surface area contributed by atoms with Crippen LogP contribution in [-0.4, -0.2) is 10.5 Å². The Kier molecular flexibility index (Phi) is 3.92. The van der Waals surface area contributed by atoms with Crippen molar-refractivity contribution in [3.05, 3.63) is 62.9 Å². The summed E-state index contributed by atoms with van der Waals surface area (Å²) < 4.78 is 29.6. The minimum Gasteiger partial charge on any atom is -0.317 e. The van der Waals surface area contributed by atoms with Gasteiger partial charge in [-0.05, 0) is 34.1 Å². The first-order valence-corrected chi connectivity index (χ1v) is 7.86. The number of nitrogens with zero attached hydrogens (tertiary/aromatic N) is 2. The minimum atomic E-state index is -0.677. The molecule has 0 unspecified atom stereocenters. The summed E-state index contributed by atoms with van der Waals surface area (Å²) >= 11 is 4.35. The Morgan fingerprint density at radius 3 is 2.73 bits per heavy atom. The van der Waals surface area contributed by atoms with E-state index in [1.807, 2.05) is 0 Å². The first kappa shape index (κ1) is 15.1. The van der Waals surface area contributed by atoms with Gasteiger partial charge in [0.25, 0.3) is 5.91 Å². The zero-order valence-corrected chi connectivity index (χ0v) is 13.7. The van der Waals surface area contributed by atoms with Crippen LogP contribution in [-0.2, 0) is 7.05 Å². The van der Waals surface area contributed by atoms with Gasteiger partial charge in [-0.3, -0.25) is 4.79 Å². The number of aromatic nitrogens is 1. The van der Waals surface area contributed by atoms with Crippen molar-refractivity contribution in [2.45, 2.75) is 0 Å². The summed E-state index contributed by atoms with van der Waals surface area (Å²) in [7, 11) is 1.59. The van der Waals surface area contributed by atoms with E-state index in [2.05, 4.69) is 20.9 Å². The molecule has 0 N–H and O–H groups in total. The largest absolute Gasteiger partial charge is 0.317 e. The van der Waals surface area contributed by atoms with Crippen molar-refractivity contribution in [2.24, 2.45) is 12.0 Å². The second-order valence-corrected chi connectivity index (χ2v) is 6.44. The number of hydrogen-bond acceptors (Lipinski definition) is 2. The Hall–Kier alpha value is -1.86. The fourth-order valence-corrected chi connectivity index (χ4v) is 3.60. The molecule has 0 bridgehead atoms. The van der Waals surface area contributed by atoms with Gasteiger partial charge < -0.3 is 4.57 Å². The Bertz CT molecular complexity index is 962. The van der Waals surface area contributed by atoms with Crippen LogP contribution in [0.4, 0.5) is 8.78 Å². The lowest BCUT2D eigenvalue weighted by Gasteiger charge is -1.99. The van der Waals surface area contributed by atoms with Crippen molar-refractivity contribution in [3.8, 4) is 0 Å². The lowest BCUT2D eigenvalue weighted by Crippen LogP contribution is -2.14. The molecular formula is C15H9BrF2N2OS. The topological polar surface area (TPSA) is 34.4 Å². The molecule has 0 aliphatic heterocycles. The first-order chi connectivity index (χ1) is 10.5. The number of carbonyl (C=O) groups excluding carboxylic acids is 1. The van der Waals surface area contributed by atoms with Crippen LogP contribution in [0, 0.1) is 11.6 Å². The van der Waals surface area contributed by atoms with Crippen LogP contribution in [0.2, 0.25) is 0 Å². The number of carbonyl (C=O) groups is 1. The summed E-state index contributed by atoms with van der Waals surface area (Å²) in [6.45, 7) is 0. The van der Waals surface area contributed by atoms with Crippen molar-refractivity contribution in [1.29, 1.82) is 0 Å². The van der Waals surface area contributed by atoms with E-state index in [9.17, 15) is 13.6 Å². The molecule has 112 valence electrons. The highest BCUT2D eigenvalue weighted by Crippen LogP contribution is 2.22. The summed E-state index contributed by atoms with van der Waals surface area (Å²) in [6.07, 6.45) is 0. The van der Waals surface area contributed by atoms with E-state index in [1.54, 1.807) is 31.3 Å². The molecule has 0 saturated carbocycles. The van der Waals surface area contributed by atoms with E-state index in [0.717, 1.165) is 17.4 Å². The van der Waals surface area contributed by atoms with Gasteiger partial charge in [0.05, 0.1) is 15.8 Å². The Morgan fingerprint density at radius 1 is 1.27 bits per heavy atom. The molecular weight excluding hydrogens is 374 g/mol. The predicted octanol–water partition coefficient (Wildman–Crippen LogP) is 4.02. The molecule has 0 aliphatic carbocycles. The van der Waals surface area contributed by atoms with Gasteiger partial charge in [-0.25, -0.2) is 8.78 Å². The smallest absolute Gasteiger partial charge is 0.280 e. The zero-order valence-electron chi connectivity index (χ0n) is 11.3. The molecule has 3 aromatic rings. The number of rotatable bonds is 1. The average Bonchev–Trinajstić information content (AvgIpc) is 2.75. The zero-order chi connectivity index (χ0) is 15.9. The van der Waals surface area contributed by atoms with E-state index in [-0.39, 0.29) is 5.52 Å². The van der Waals surface area contributed by atoms with Gasteiger partial charge in [0, 0.05) is 17.6 Å². The van der Waals surface area contributed by atoms with Gasteiger partial charge in [-0.2, -0.15) is 4.99 Å². The molecule has 0 atom stereocenters. The van der Waals surface area contributed by atoms with Crippen LogP contribution in [0.5, 0.6) is 0 Å². The van der Waals surface area contributed by atoms with Gasteiger partial charge in [-0.15, -0.1) is 0 Å². The van der Waals surface area contributed by atoms with E-state index < -0.39 is 17.5 Å². The van der Waals surface area contributed by atoms with Crippen LogP contribution in [0.3, 0.4) is 0 Å². The van der Waals surface area contributed by atoms with Crippen LogP contribution in [0.15, 0.2) is 45.9 Å². The van der Waals surface area contributed by atoms with Crippen molar-refractivity contribution in [1.82, 2.24) is 4.57 Å². The molecule has 3 nitrogen and oxygen atoms in total. The van der Waals surface area contributed by atoms with Gasteiger partial charge >= 0.3 is 0 Å². The third-order valence-electron chi connectivity index (χ3n) is 3.12. The predicted molar refractivity (Wildman–Crippen MR) is 84.7 cm³/mol. The fourth-order valence-electron chi connectivity index (χ4n) is 2.09. The molecule has 0 radical (unpaired) electrons. The number of hydrogen-bond donors (Lipinski definition) is 0. The maximum atomic E-state index is 13.9. The third kappa shape index (κ3) is 2.62. The van der Waals surface area contributed by atoms with Crippen LogP contribution < -0.4 is 4.80 Å². The molecule has 0 fully saturated rings. The molecule has 2 aromatic carbocycles. The van der Waals surface area contributed by atoms with E-state index >= 15 is 0 Å². The Balaban J connectivity index is 2.18. The van der Waals surface area contributed by atoms with Gasteiger partial charge in [0.1, 0.15) is 5.82 Å². The highest BCUT2D eigenvalue weighted by Gasteiger charge is 2.13. The number of fused-ring (bicyclic) bond motifs is 1. The summed E-state index contributed by atoms with van der Waals surface area (Å²) in [6, 6.07) is 8.94. The lowest BCUT2D eigenvalue weighted by molar-refractivity contribution is 0.0997. The number of amides is 1. The third-order valence-corrected chi connectivity index (χ3v) is 4.89. The fraction of sp³-hybridized carbons (Fsp3) is 0.0667. The molecule has 0 aliphatic rings. The second kappa shape index (κ2) is 5.73. The van der Waals surface area contributed by atoms with Crippen LogP contribution >= 0.6 is 27.3 Å². The molecule has 0 spiro atoms. The van der Waals surface area contributed by atoms with Crippen molar-refractivity contribution in [2.75, 3.05) is 0 Å². The number of thiazole rings is 1. The number of benzene rings is 2. The standard InChI is InChI=1S/C15H9BrF2N2OS/c1-20-13-11(18)6-8(17)7-12(13)22-15(20)19-14(21)9-4-2-3-5-10(9)16/h2-7H,1H3. The summed E-state index contributed by atoms with van der Waals surface area (Å²) in [5.74, 6) is -1.78. The SMILES string of the molecule is Cn1c(=NC(=O)c2ccccc2Br)sc2cc(F)cc(F)c21. The Labute approximate surface area is 136 Å². The highest BCUT2D eigenvalue weighted by molar-refractivity contribution is 9.10. The monoisotopic (exact) mass is 382 g/mol. The average molecular weight is 383 g/mol. The van der Waals surface area contributed by atoms with Crippen molar-refractivity contribution < 1.29 is 13.6 Å². The van der Waals surface area contributed by atoms with E-state index in [4.69, 9.17) is 0 Å². The second-order valence-electron chi connectivity index (χ2n) is 4.57. The lowest BCUT2D eigenvalue weighted by atomic mass is 10.2. The van der Waals surface area contributed by atoms with Gasteiger partial charge in [0.2, 0.25) is 0 Å². The van der Waals surface area contributed by atoms with E-state index in [0.29, 0.717) is 19.5 Å². The summed E-state index contributed by atoms with van der Waals surface area (Å²) in [5.41, 5.74) is 0.636. The van der Waals surface area contributed by atoms with Crippen molar-refractivity contribution >= 4 is 43.4 Å². The highest BCUT2D eigenvalue weighted by atomic mass is 79.9. The maximum Gasteiger partial charge on any atom is 0.280 e. The van der Waals surface area contributed by atoms with E-state index in [1.165, 1.54) is 10.6 Å². The van der Waals surface area contributed by atoms with Gasteiger partial charge in [-0.1, -0.05) is 23.5 Å². The minimum absolute atomic E-state index is 0.227. The molecule has 22 heavy (non-hydrogen) atoms. The van der Waals surface area contributed by atoms with Crippen LogP contribution in [0.25, 0.3) is 10.2 Å². The molecule has 0 saturated heterocycles. The normalized spacial score (nSPS) is 12.1. The first-order valence-electron chi connectivity index (χ1n) is 6.25. The molecule has 1 heterocycles. The van der Waals surface area contributed by atoms with Crippen LogP contribution in [0.1, 0.15) is 10.4 Å². The summed E-state index contributed by atoms with van der Waals surface area (Å²) in [4.78, 5) is 16.6. The quantitative estimate of drug-likeness (QED) is 0.625. The summed E-state index contributed by atoms with van der Waals surface area (Å²) in [5, 5.41) is 0. The van der Waals surface area contributed by atoms with Crippen molar-refractivity contribution in [3.63, 3.8) is 0 Å². The molecule has 3 rings (SSSR count). The molecule has 1 amide bonds. The van der Waals surface area contributed by atoms with Gasteiger partial charge in [0.15, 0.2) is 10.6 Å². The molecule has 7 heteroatoms.